The Balaban J connectivity index is 3.30. The Kier molecular flexibility index (Phi) is 4.28. The molecule has 0 spiro atoms. The summed E-state index contributed by atoms with van der Waals surface area (Å²) in [6.07, 6.45) is 0.338. The van der Waals surface area contributed by atoms with Crippen molar-refractivity contribution in [3.63, 3.8) is 0 Å². The van der Waals surface area contributed by atoms with E-state index in [0.29, 0.717) is 6.42 Å². The van der Waals surface area contributed by atoms with Gasteiger partial charge < -0.3 is 9.84 Å². The van der Waals surface area contributed by atoms with Gasteiger partial charge in [0.1, 0.15) is 0 Å². The van der Waals surface area contributed by atoms with Crippen molar-refractivity contribution >= 4 is 12.4 Å². The van der Waals surface area contributed by atoms with E-state index in [9.17, 15) is 9.59 Å². The highest BCUT2D eigenvalue weighted by Crippen LogP contribution is 2.00. The summed E-state index contributed by atoms with van der Waals surface area (Å²) in [5, 5.41) is 8.33. The van der Waals surface area contributed by atoms with Gasteiger partial charge in [-0.1, -0.05) is 6.92 Å². The Morgan fingerprint density at radius 1 is 1.80 bits per heavy atom. The first-order valence-electron chi connectivity index (χ1n) is 2.90. The molecule has 1 atom stereocenters. The van der Waals surface area contributed by atoms with Crippen LogP contribution in [0.4, 0.5) is 0 Å². The van der Waals surface area contributed by atoms with Crippen LogP contribution >= 0.6 is 0 Å². The van der Waals surface area contributed by atoms with Crippen molar-refractivity contribution in [2.75, 3.05) is 6.61 Å². The molecule has 10 heavy (non-hydrogen) atoms. The number of carboxylic acids is 1. The lowest BCUT2D eigenvalue weighted by atomic mass is 10.1. The standard InChI is InChI=1S/C6H9O4/c1-5(6(8)9)2-3-10-4-7/h5H,2-3H2,1H3,(H,8,9). The summed E-state index contributed by atoms with van der Waals surface area (Å²) in [5.74, 6) is -1.34. The van der Waals surface area contributed by atoms with Crippen molar-refractivity contribution in [2.24, 2.45) is 5.92 Å². The van der Waals surface area contributed by atoms with Crippen LogP contribution in [0.1, 0.15) is 13.3 Å². The van der Waals surface area contributed by atoms with E-state index in [1.165, 1.54) is 6.47 Å². The summed E-state index contributed by atoms with van der Waals surface area (Å²) in [7, 11) is 0. The van der Waals surface area contributed by atoms with Crippen LogP contribution in [0.25, 0.3) is 0 Å². The van der Waals surface area contributed by atoms with Crippen LogP contribution in [0.15, 0.2) is 0 Å². The minimum absolute atomic E-state index is 0.122. The molecule has 0 aliphatic carbocycles. The quantitative estimate of drug-likeness (QED) is 0.560. The Labute approximate surface area is 58.8 Å². The maximum atomic E-state index is 10.1. The van der Waals surface area contributed by atoms with Gasteiger partial charge in [-0.15, -0.1) is 0 Å². The fourth-order valence-electron chi connectivity index (χ4n) is 0.401. The van der Waals surface area contributed by atoms with Crippen LogP contribution in [0.5, 0.6) is 0 Å². The van der Waals surface area contributed by atoms with Crippen molar-refractivity contribution in [1.82, 2.24) is 0 Å². The summed E-state index contributed by atoms with van der Waals surface area (Å²) >= 11 is 0. The molecule has 0 fully saturated rings. The van der Waals surface area contributed by atoms with Crippen molar-refractivity contribution in [1.29, 1.82) is 0 Å². The summed E-state index contributed by atoms with van der Waals surface area (Å²) in [4.78, 5) is 19.6. The van der Waals surface area contributed by atoms with Crippen LogP contribution in [0.2, 0.25) is 0 Å². The fourth-order valence-corrected chi connectivity index (χ4v) is 0.401. The van der Waals surface area contributed by atoms with E-state index in [2.05, 4.69) is 4.74 Å². The van der Waals surface area contributed by atoms with Gasteiger partial charge >= 0.3 is 12.4 Å². The molecule has 57 valence electrons. The lowest BCUT2D eigenvalue weighted by molar-refractivity contribution is -0.141. The van der Waals surface area contributed by atoms with E-state index >= 15 is 0 Å². The predicted molar refractivity (Wildman–Crippen MR) is 33.1 cm³/mol. The van der Waals surface area contributed by atoms with Crippen LogP contribution in [-0.4, -0.2) is 24.2 Å². The number of carboxylic acid groups (broad SMARTS) is 1. The Hall–Kier alpha value is -1.06. The van der Waals surface area contributed by atoms with E-state index in [1.807, 2.05) is 0 Å². The number of carbonyl (C=O) groups is 1. The summed E-state index contributed by atoms with van der Waals surface area (Å²) in [6.45, 7) is 2.89. The molecule has 4 heteroatoms. The lowest BCUT2D eigenvalue weighted by Crippen LogP contribution is -2.11. The average molecular weight is 145 g/mol. The smallest absolute Gasteiger partial charge is 0.417 e. The van der Waals surface area contributed by atoms with Crippen molar-refractivity contribution < 1.29 is 19.4 Å². The van der Waals surface area contributed by atoms with E-state index in [-0.39, 0.29) is 6.61 Å². The minimum Gasteiger partial charge on any atom is -0.481 e. The molecule has 1 radical (unpaired) electrons. The first-order chi connectivity index (χ1) is 4.68. The first kappa shape index (κ1) is 8.94. The molecular weight excluding hydrogens is 136 g/mol. The third kappa shape index (κ3) is 3.88. The van der Waals surface area contributed by atoms with Crippen LogP contribution < -0.4 is 0 Å². The number of hydrogen-bond acceptors (Lipinski definition) is 3. The topological polar surface area (TPSA) is 63.6 Å². The summed E-state index contributed by atoms with van der Waals surface area (Å²) < 4.78 is 4.19. The molecule has 0 saturated carbocycles. The van der Waals surface area contributed by atoms with Crippen LogP contribution in [0.3, 0.4) is 0 Å². The first-order valence-corrected chi connectivity index (χ1v) is 2.90. The SMILES string of the molecule is CC(CCO[C]=O)C(=O)O. The van der Waals surface area contributed by atoms with Gasteiger partial charge in [0.05, 0.1) is 12.5 Å². The second-order valence-corrected chi connectivity index (χ2v) is 1.96. The van der Waals surface area contributed by atoms with E-state index < -0.39 is 11.9 Å². The maximum Gasteiger partial charge on any atom is 0.417 e. The lowest BCUT2D eigenvalue weighted by Gasteiger charge is -2.02. The third-order valence-electron chi connectivity index (χ3n) is 1.13. The molecule has 0 amide bonds. The fraction of sp³-hybridized carbons (Fsp3) is 0.667. The highest BCUT2D eigenvalue weighted by Gasteiger charge is 2.09. The Morgan fingerprint density at radius 2 is 2.40 bits per heavy atom. The number of hydrogen-bond donors (Lipinski definition) is 1. The second-order valence-electron chi connectivity index (χ2n) is 1.96. The van der Waals surface area contributed by atoms with Crippen LogP contribution in [0, 0.1) is 5.92 Å². The van der Waals surface area contributed by atoms with Gasteiger partial charge in [0.15, 0.2) is 0 Å². The number of rotatable bonds is 5. The largest absolute Gasteiger partial charge is 0.481 e. The zero-order valence-electron chi connectivity index (χ0n) is 5.66. The zero-order valence-corrected chi connectivity index (χ0v) is 5.66. The van der Waals surface area contributed by atoms with Crippen molar-refractivity contribution in [3.05, 3.63) is 0 Å². The summed E-state index contributed by atoms with van der Waals surface area (Å²) in [6, 6.07) is 0. The molecule has 0 aliphatic rings. The highest BCUT2D eigenvalue weighted by molar-refractivity contribution is 5.69. The maximum absolute atomic E-state index is 10.1. The molecule has 0 heterocycles. The number of ether oxygens (including phenoxy) is 1. The zero-order chi connectivity index (χ0) is 7.98. The molecular formula is C6H9O4. The van der Waals surface area contributed by atoms with Crippen molar-refractivity contribution in [2.45, 2.75) is 13.3 Å². The van der Waals surface area contributed by atoms with E-state index in [4.69, 9.17) is 5.11 Å². The van der Waals surface area contributed by atoms with Gasteiger partial charge in [0.25, 0.3) is 0 Å². The molecule has 1 N–H and O–H groups in total. The average Bonchev–Trinajstić information content (AvgIpc) is 1.88. The minimum atomic E-state index is -0.880. The number of carbonyl (C=O) groups excluding carboxylic acids is 1. The highest BCUT2D eigenvalue weighted by atomic mass is 16.5. The second kappa shape index (κ2) is 4.78. The molecule has 0 aromatic carbocycles. The normalized spacial score (nSPS) is 12.1. The van der Waals surface area contributed by atoms with Gasteiger partial charge in [-0.05, 0) is 6.42 Å². The van der Waals surface area contributed by atoms with Gasteiger partial charge in [-0.25, -0.2) is 4.79 Å². The molecule has 0 aromatic heterocycles. The molecule has 0 aromatic rings. The molecule has 4 nitrogen and oxygen atoms in total. The third-order valence-corrected chi connectivity index (χ3v) is 1.13. The van der Waals surface area contributed by atoms with Crippen LogP contribution in [-0.2, 0) is 14.3 Å². The predicted octanol–water partition coefficient (Wildman–Crippen LogP) is 0.181. The van der Waals surface area contributed by atoms with E-state index in [0.717, 1.165) is 0 Å². The van der Waals surface area contributed by atoms with Gasteiger partial charge in [-0.3, -0.25) is 4.79 Å². The monoisotopic (exact) mass is 145 g/mol. The van der Waals surface area contributed by atoms with E-state index in [1.54, 1.807) is 6.92 Å². The molecule has 1 unspecified atom stereocenters. The Bertz CT molecular complexity index is 121. The summed E-state index contributed by atoms with van der Waals surface area (Å²) in [5.41, 5.74) is 0. The number of aliphatic carboxylic acids is 1. The Morgan fingerprint density at radius 3 is 2.80 bits per heavy atom. The molecule has 0 saturated heterocycles. The molecule has 0 aliphatic heterocycles. The van der Waals surface area contributed by atoms with Gasteiger partial charge in [0.2, 0.25) is 0 Å². The van der Waals surface area contributed by atoms with Gasteiger partial charge in [-0.2, -0.15) is 0 Å². The molecule has 0 rings (SSSR count). The molecule has 0 bridgehead atoms. The van der Waals surface area contributed by atoms with Crippen molar-refractivity contribution in [3.8, 4) is 0 Å². The van der Waals surface area contributed by atoms with Gasteiger partial charge in [0, 0.05) is 0 Å².